The molecule has 0 radical (unpaired) electrons. The summed E-state index contributed by atoms with van der Waals surface area (Å²) < 4.78 is 79.0. The number of benzene rings is 2. The highest BCUT2D eigenvalue weighted by Gasteiger charge is 2.06. The number of ether oxygens (including phenoxy) is 14. The molecular weight excluding hydrogens is 656 g/mol. The first-order valence-corrected chi connectivity index (χ1v) is 17.4. The van der Waals surface area contributed by atoms with E-state index >= 15 is 0 Å². The summed E-state index contributed by atoms with van der Waals surface area (Å²) in [6.07, 6.45) is 0. The quantitative estimate of drug-likeness (QED) is 0.397. The van der Waals surface area contributed by atoms with Gasteiger partial charge in [-0.2, -0.15) is 0 Å². The highest BCUT2D eigenvalue weighted by atomic mass is 16.6. The van der Waals surface area contributed by atoms with Gasteiger partial charge in [0.25, 0.3) is 0 Å². The van der Waals surface area contributed by atoms with E-state index in [0.717, 1.165) is 0 Å². The van der Waals surface area contributed by atoms with Crippen molar-refractivity contribution in [3.63, 3.8) is 0 Å². The second kappa shape index (κ2) is 31.0. The predicted molar refractivity (Wildman–Crippen MR) is 183 cm³/mol. The van der Waals surface area contributed by atoms with E-state index in [0.29, 0.717) is 182 Å². The zero-order valence-electron chi connectivity index (χ0n) is 29.3. The average molecular weight is 713 g/mol. The Hall–Kier alpha value is -2.76. The van der Waals surface area contributed by atoms with Crippen LogP contribution in [0, 0.1) is 0 Å². The molecule has 14 nitrogen and oxygen atoms in total. The maximum absolute atomic E-state index is 5.84. The predicted octanol–water partition coefficient (Wildman–Crippen LogP) is 3.08. The largest absolute Gasteiger partial charge is 0.487 e. The van der Waals surface area contributed by atoms with E-state index in [1.807, 2.05) is 48.5 Å². The molecule has 0 spiro atoms. The zero-order chi connectivity index (χ0) is 34.8. The van der Waals surface area contributed by atoms with Crippen LogP contribution in [0.5, 0.6) is 23.0 Å². The minimum Gasteiger partial charge on any atom is -0.487 e. The van der Waals surface area contributed by atoms with Gasteiger partial charge in [0.1, 0.15) is 26.4 Å². The van der Waals surface area contributed by atoms with Crippen molar-refractivity contribution in [1.29, 1.82) is 0 Å². The van der Waals surface area contributed by atoms with Crippen LogP contribution >= 0.6 is 0 Å². The van der Waals surface area contributed by atoms with Crippen LogP contribution in [0.1, 0.15) is 0 Å². The van der Waals surface area contributed by atoms with E-state index in [4.69, 9.17) is 66.3 Å². The molecule has 1 aliphatic heterocycles. The van der Waals surface area contributed by atoms with Crippen molar-refractivity contribution in [1.82, 2.24) is 0 Å². The SMILES string of the molecule is c1ccc2c(c1)OCCOCCOCCOCCOCCOCCOc1ccccc1OCCOCCOCCOCCOCCOCCO2. The third-order valence-corrected chi connectivity index (χ3v) is 6.62. The molecule has 0 fully saturated rings. The third kappa shape index (κ3) is 22.1. The van der Waals surface area contributed by atoms with Crippen LogP contribution in [0.25, 0.3) is 0 Å². The van der Waals surface area contributed by atoms with Crippen molar-refractivity contribution < 1.29 is 66.3 Å². The molecule has 0 unspecified atom stereocenters. The lowest BCUT2D eigenvalue weighted by Crippen LogP contribution is -2.16. The monoisotopic (exact) mass is 712 g/mol. The highest BCUT2D eigenvalue weighted by Crippen LogP contribution is 2.27. The van der Waals surface area contributed by atoms with E-state index in [1.54, 1.807) is 0 Å². The molecule has 0 aliphatic carbocycles. The number of fused-ring (bicyclic) bond motifs is 2. The van der Waals surface area contributed by atoms with Gasteiger partial charge in [-0.05, 0) is 24.3 Å². The van der Waals surface area contributed by atoms with Crippen molar-refractivity contribution in [3.8, 4) is 23.0 Å². The second-order valence-corrected chi connectivity index (χ2v) is 10.4. The molecule has 0 bridgehead atoms. The summed E-state index contributed by atoms with van der Waals surface area (Å²) in [5, 5.41) is 0. The first-order chi connectivity index (χ1) is 24.9. The molecule has 0 amide bonds. The summed E-state index contributed by atoms with van der Waals surface area (Å²) in [4.78, 5) is 0. The van der Waals surface area contributed by atoms with Crippen LogP contribution in [0.4, 0.5) is 0 Å². The van der Waals surface area contributed by atoms with E-state index < -0.39 is 0 Å². The van der Waals surface area contributed by atoms with Crippen LogP contribution in [0.3, 0.4) is 0 Å². The molecule has 0 saturated heterocycles. The average Bonchev–Trinajstić information content (AvgIpc) is 3.14. The molecule has 2 aromatic carbocycles. The van der Waals surface area contributed by atoms with Gasteiger partial charge < -0.3 is 66.3 Å². The number of para-hydroxylation sites is 4. The Morgan fingerprint density at radius 2 is 0.340 bits per heavy atom. The van der Waals surface area contributed by atoms with Gasteiger partial charge in [-0.25, -0.2) is 0 Å². The molecule has 0 aromatic heterocycles. The summed E-state index contributed by atoms with van der Waals surface area (Å²) in [5.74, 6) is 2.63. The van der Waals surface area contributed by atoms with Crippen molar-refractivity contribution >= 4 is 0 Å². The van der Waals surface area contributed by atoms with E-state index in [-0.39, 0.29) is 0 Å². The minimum absolute atomic E-state index is 0.395. The fourth-order valence-electron chi connectivity index (χ4n) is 4.18. The van der Waals surface area contributed by atoms with Gasteiger partial charge in [-0.1, -0.05) is 24.3 Å². The Balaban J connectivity index is 1.27. The lowest BCUT2D eigenvalue weighted by Gasteiger charge is -2.13. The maximum Gasteiger partial charge on any atom is 0.161 e. The van der Waals surface area contributed by atoms with E-state index in [2.05, 4.69) is 0 Å². The first kappa shape index (κ1) is 41.7. The molecule has 0 N–H and O–H groups in total. The Kier molecular flexibility index (Phi) is 25.8. The normalized spacial score (nSPS) is 20.3. The maximum atomic E-state index is 5.84. The lowest BCUT2D eigenvalue weighted by molar-refractivity contribution is -0.0150. The third-order valence-electron chi connectivity index (χ3n) is 6.62. The van der Waals surface area contributed by atoms with Crippen LogP contribution < -0.4 is 18.9 Å². The van der Waals surface area contributed by atoms with Crippen molar-refractivity contribution in [3.05, 3.63) is 48.5 Å². The number of hydrogen-bond acceptors (Lipinski definition) is 14. The standard InChI is InChI=1S/C36H56O14/c1-2-6-34-33(5-1)47-29-25-43-21-17-39-13-9-37-11-15-41-19-23-45-27-31-49-35-7-3-4-8-36(35)50-32-28-46-24-20-42-16-12-38-10-14-40-18-22-44-26-30-48-34/h1-8H,9-32H2. The summed E-state index contributed by atoms with van der Waals surface area (Å²) in [5.41, 5.74) is 0. The summed E-state index contributed by atoms with van der Waals surface area (Å²) in [6, 6.07) is 15.1. The Morgan fingerprint density at radius 3 is 0.500 bits per heavy atom. The van der Waals surface area contributed by atoms with Crippen LogP contribution in [-0.2, 0) is 47.4 Å². The van der Waals surface area contributed by atoms with Crippen LogP contribution in [0.15, 0.2) is 48.5 Å². The Morgan fingerprint density at radius 1 is 0.200 bits per heavy atom. The molecule has 0 saturated carbocycles. The molecule has 0 atom stereocenters. The number of hydrogen-bond donors (Lipinski definition) is 0. The van der Waals surface area contributed by atoms with Gasteiger partial charge in [0.2, 0.25) is 0 Å². The minimum atomic E-state index is 0.395. The topological polar surface area (TPSA) is 129 Å². The fraction of sp³-hybridized carbons (Fsp3) is 0.667. The van der Waals surface area contributed by atoms with Gasteiger partial charge in [-0.15, -0.1) is 0 Å². The molecule has 50 heavy (non-hydrogen) atoms. The summed E-state index contributed by atoms with van der Waals surface area (Å²) in [7, 11) is 0. The fourth-order valence-corrected chi connectivity index (χ4v) is 4.18. The zero-order valence-corrected chi connectivity index (χ0v) is 29.3. The van der Waals surface area contributed by atoms with Gasteiger partial charge in [0.15, 0.2) is 23.0 Å². The Bertz CT molecular complexity index is 886. The second-order valence-electron chi connectivity index (χ2n) is 10.4. The molecular formula is C36H56O14. The van der Waals surface area contributed by atoms with E-state index in [9.17, 15) is 0 Å². The van der Waals surface area contributed by atoms with Crippen molar-refractivity contribution in [2.24, 2.45) is 0 Å². The summed E-state index contributed by atoms with van der Waals surface area (Å²) >= 11 is 0. The van der Waals surface area contributed by atoms with Gasteiger partial charge in [0, 0.05) is 0 Å². The molecule has 1 heterocycles. The summed E-state index contributed by atoms with van der Waals surface area (Å²) in [6.45, 7) is 10.9. The van der Waals surface area contributed by atoms with Gasteiger partial charge in [0.05, 0.1) is 132 Å². The van der Waals surface area contributed by atoms with Gasteiger partial charge >= 0.3 is 0 Å². The molecule has 3 rings (SSSR count). The molecule has 2 aromatic rings. The van der Waals surface area contributed by atoms with Crippen LogP contribution in [-0.4, -0.2) is 159 Å². The smallest absolute Gasteiger partial charge is 0.161 e. The van der Waals surface area contributed by atoms with Gasteiger partial charge in [-0.3, -0.25) is 0 Å². The Labute approximate surface area is 296 Å². The van der Waals surface area contributed by atoms with Crippen LogP contribution in [0.2, 0.25) is 0 Å². The van der Waals surface area contributed by atoms with Crippen molar-refractivity contribution in [2.75, 3.05) is 159 Å². The first-order valence-electron chi connectivity index (χ1n) is 17.4. The van der Waals surface area contributed by atoms with Crippen molar-refractivity contribution in [2.45, 2.75) is 0 Å². The molecule has 284 valence electrons. The number of rotatable bonds is 0. The lowest BCUT2D eigenvalue weighted by atomic mass is 10.3. The molecule has 1 aliphatic rings. The highest BCUT2D eigenvalue weighted by molar-refractivity contribution is 5.40. The molecule has 14 heteroatoms. The van der Waals surface area contributed by atoms with E-state index in [1.165, 1.54) is 0 Å².